The zero-order valence-electron chi connectivity index (χ0n) is 7.29. The molecule has 1 heterocycles. The Kier molecular flexibility index (Phi) is 3.38. The van der Waals surface area contributed by atoms with Crippen LogP contribution < -0.4 is 5.32 Å². The predicted octanol–water partition coefficient (Wildman–Crippen LogP) is 3.21. The first-order valence-corrected chi connectivity index (χ1v) is 6.68. The Morgan fingerprint density at radius 1 is 1.31 bits per heavy atom. The van der Waals surface area contributed by atoms with Crippen LogP contribution in [0.25, 0.3) is 0 Å². The largest absolute Gasteiger partial charge is 0.381 e. The molecule has 0 amide bonds. The highest BCUT2D eigenvalue weighted by atomic mass is 127. The minimum absolute atomic E-state index is 0.685. The van der Waals surface area contributed by atoms with Crippen molar-refractivity contribution in [2.75, 3.05) is 16.8 Å². The van der Waals surface area contributed by atoms with Crippen LogP contribution in [0.15, 0.2) is 24.3 Å². The number of anilines is 1. The molecule has 0 spiro atoms. The molecule has 3 heteroatoms. The molecule has 0 aliphatic carbocycles. The van der Waals surface area contributed by atoms with E-state index in [0.29, 0.717) is 6.04 Å². The van der Waals surface area contributed by atoms with Gasteiger partial charge in [-0.1, -0.05) is 0 Å². The molecule has 1 N–H and O–H groups in total. The SMILES string of the molecule is Ic1ccc(NC2CCSC2)cc1. The van der Waals surface area contributed by atoms with Crippen LogP contribution in [0.2, 0.25) is 0 Å². The van der Waals surface area contributed by atoms with E-state index >= 15 is 0 Å². The van der Waals surface area contributed by atoms with E-state index in [1.165, 1.54) is 27.2 Å². The van der Waals surface area contributed by atoms with Gasteiger partial charge in [-0.25, -0.2) is 0 Å². The Bertz CT molecular complexity index is 267. The summed E-state index contributed by atoms with van der Waals surface area (Å²) < 4.78 is 1.30. The Balaban J connectivity index is 1.97. The monoisotopic (exact) mass is 305 g/mol. The second-order valence-corrected chi connectivity index (χ2v) is 5.61. The number of hydrogen-bond donors (Lipinski definition) is 1. The molecular weight excluding hydrogens is 293 g/mol. The summed E-state index contributed by atoms with van der Waals surface area (Å²) in [6, 6.07) is 9.29. The molecule has 0 saturated carbocycles. The molecule has 2 rings (SSSR count). The van der Waals surface area contributed by atoms with E-state index in [1.54, 1.807) is 0 Å². The Morgan fingerprint density at radius 3 is 2.69 bits per heavy atom. The maximum atomic E-state index is 3.54. The van der Waals surface area contributed by atoms with Crippen molar-refractivity contribution in [2.45, 2.75) is 12.5 Å². The fourth-order valence-electron chi connectivity index (χ4n) is 1.43. The molecule has 1 unspecified atom stereocenters. The molecule has 1 aliphatic rings. The van der Waals surface area contributed by atoms with Crippen molar-refractivity contribution in [3.8, 4) is 0 Å². The van der Waals surface area contributed by atoms with Crippen molar-refractivity contribution in [2.24, 2.45) is 0 Å². The molecule has 1 aromatic carbocycles. The Labute approximate surface area is 96.8 Å². The van der Waals surface area contributed by atoms with Gasteiger partial charge in [0.15, 0.2) is 0 Å². The summed E-state index contributed by atoms with van der Waals surface area (Å²) in [5, 5.41) is 3.54. The summed E-state index contributed by atoms with van der Waals surface area (Å²) in [7, 11) is 0. The summed E-state index contributed by atoms with van der Waals surface area (Å²) in [6.45, 7) is 0. The number of hydrogen-bond acceptors (Lipinski definition) is 2. The van der Waals surface area contributed by atoms with Gasteiger partial charge in [0.1, 0.15) is 0 Å². The van der Waals surface area contributed by atoms with Crippen molar-refractivity contribution in [1.82, 2.24) is 0 Å². The van der Waals surface area contributed by atoms with Gasteiger partial charge in [0, 0.05) is 21.1 Å². The number of rotatable bonds is 2. The first-order chi connectivity index (χ1) is 6.34. The fourth-order valence-corrected chi connectivity index (χ4v) is 2.94. The van der Waals surface area contributed by atoms with Gasteiger partial charge in [-0.05, 0) is 59.0 Å². The first kappa shape index (κ1) is 9.65. The summed E-state index contributed by atoms with van der Waals surface area (Å²) in [6.07, 6.45) is 1.30. The summed E-state index contributed by atoms with van der Waals surface area (Å²) in [5.74, 6) is 2.56. The quantitative estimate of drug-likeness (QED) is 0.842. The average Bonchev–Trinajstić information content (AvgIpc) is 2.62. The summed E-state index contributed by atoms with van der Waals surface area (Å²) in [5.41, 5.74) is 1.26. The van der Waals surface area contributed by atoms with Gasteiger partial charge in [-0.3, -0.25) is 0 Å². The third-order valence-corrected chi connectivity index (χ3v) is 4.03. The minimum atomic E-state index is 0.685. The highest BCUT2D eigenvalue weighted by molar-refractivity contribution is 14.1. The van der Waals surface area contributed by atoms with Gasteiger partial charge in [0.2, 0.25) is 0 Å². The standard InChI is InChI=1S/C10H12INS/c11-8-1-3-9(4-2-8)12-10-5-6-13-7-10/h1-4,10,12H,5-7H2. The molecule has 1 atom stereocenters. The molecule has 0 bridgehead atoms. The van der Waals surface area contributed by atoms with Gasteiger partial charge >= 0.3 is 0 Å². The topological polar surface area (TPSA) is 12.0 Å². The maximum absolute atomic E-state index is 3.54. The smallest absolute Gasteiger partial charge is 0.0359 e. The average molecular weight is 305 g/mol. The molecule has 1 nitrogen and oxygen atoms in total. The summed E-state index contributed by atoms with van der Waals surface area (Å²) >= 11 is 4.37. The van der Waals surface area contributed by atoms with Crippen molar-refractivity contribution in [3.63, 3.8) is 0 Å². The van der Waals surface area contributed by atoms with Crippen LogP contribution in [0.4, 0.5) is 5.69 Å². The summed E-state index contributed by atoms with van der Waals surface area (Å²) in [4.78, 5) is 0. The molecule has 1 aliphatic heterocycles. The van der Waals surface area contributed by atoms with Gasteiger partial charge in [-0.15, -0.1) is 0 Å². The second kappa shape index (κ2) is 4.55. The van der Waals surface area contributed by atoms with E-state index in [-0.39, 0.29) is 0 Å². The normalized spacial score (nSPS) is 21.8. The highest BCUT2D eigenvalue weighted by Crippen LogP contribution is 2.21. The molecule has 0 aromatic heterocycles. The molecule has 70 valence electrons. The van der Waals surface area contributed by atoms with Gasteiger partial charge in [0.25, 0.3) is 0 Å². The first-order valence-electron chi connectivity index (χ1n) is 4.44. The molecule has 13 heavy (non-hydrogen) atoms. The van der Waals surface area contributed by atoms with Crippen LogP contribution in [0.3, 0.4) is 0 Å². The van der Waals surface area contributed by atoms with Crippen molar-refractivity contribution < 1.29 is 0 Å². The van der Waals surface area contributed by atoms with Crippen molar-refractivity contribution in [1.29, 1.82) is 0 Å². The Morgan fingerprint density at radius 2 is 2.08 bits per heavy atom. The molecule has 0 radical (unpaired) electrons. The Hall–Kier alpha value is 0.1000. The number of halogens is 1. The predicted molar refractivity (Wildman–Crippen MR) is 68.5 cm³/mol. The van der Waals surface area contributed by atoms with E-state index in [0.717, 1.165) is 0 Å². The zero-order chi connectivity index (χ0) is 9.10. The van der Waals surface area contributed by atoms with Gasteiger partial charge in [-0.2, -0.15) is 11.8 Å². The van der Waals surface area contributed by atoms with Crippen LogP contribution >= 0.6 is 34.4 Å². The van der Waals surface area contributed by atoms with E-state index < -0.39 is 0 Å². The lowest BCUT2D eigenvalue weighted by Gasteiger charge is -2.12. The van der Waals surface area contributed by atoms with Crippen LogP contribution in [0.1, 0.15) is 6.42 Å². The van der Waals surface area contributed by atoms with Crippen LogP contribution in [-0.2, 0) is 0 Å². The fraction of sp³-hybridized carbons (Fsp3) is 0.400. The number of thioether (sulfide) groups is 1. The molecule has 1 fully saturated rings. The van der Waals surface area contributed by atoms with Crippen molar-refractivity contribution in [3.05, 3.63) is 27.8 Å². The van der Waals surface area contributed by atoms with Gasteiger partial charge in [0.05, 0.1) is 0 Å². The lowest BCUT2D eigenvalue weighted by Crippen LogP contribution is -2.17. The third kappa shape index (κ3) is 2.77. The molecule has 1 aromatic rings. The maximum Gasteiger partial charge on any atom is 0.0359 e. The van der Waals surface area contributed by atoms with E-state index in [9.17, 15) is 0 Å². The van der Waals surface area contributed by atoms with Crippen LogP contribution in [-0.4, -0.2) is 17.5 Å². The van der Waals surface area contributed by atoms with Gasteiger partial charge < -0.3 is 5.32 Å². The van der Waals surface area contributed by atoms with E-state index in [4.69, 9.17) is 0 Å². The van der Waals surface area contributed by atoms with E-state index in [1.807, 2.05) is 11.8 Å². The third-order valence-electron chi connectivity index (χ3n) is 2.14. The minimum Gasteiger partial charge on any atom is -0.381 e. The molecular formula is C10H12INS. The molecule has 1 saturated heterocycles. The highest BCUT2D eigenvalue weighted by Gasteiger charge is 2.14. The van der Waals surface area contributed by atoms with Crippen LogP contribution in [0.5, 0.6) is 0 Å². The lowest BCUT2D eigenvalue weighted by atomic mass is 10.2. The zero-order valence-corrected chi connectivity index (χ0v) is 10.3. The van der Waals surface area contributed by atoms with E-state index in [2.05, 4.69) is 52.2 Å². The van der Waals surface area contributed by atoms with Crippen LogP contribution in [0, 0.1) is 3.57 Å². The number of benzene rings is 1. The lowest BCUT2D eigenvalue weighted by molar-refractivity contribution is 0.813. The number of nitrogens with one attached hydrogen (secondary N) is 1. The van der Waals surface area contributed by atoms with Crippen molar-refractivity contribution >= 4 is 40.0 Å². The second-order valence-electron chi connectivity index (χ2n) is 3.21.